The first-order valence-electron chi connectivity index (χ1n) is 11.3. The Morgan fingerprint density at radius 1 is 1.03 bits per heavy atom. The van der Waals surface area contributed by atoms with Crippen molar-refractivity contribution < 1.29 is 9.21 Å². The van der Waals surface area contributed by atoms with Crippen LogP contribution in [0.1, 0.15) is 21.8 Å². The van der Waals surface area contributed by atoms with Gasteiger partial charge in [-0.1, -0.05) is 36.4 Å². The van der Waals surface area contributed by atoms with Crippen molar-refractivity contribution in [1.29, 1.82) is 0 Å². The third kappa shape index (κ3) is 5.83. The zero-order valence-electron chi connectivity index (χ0n) is 19.0. The summed E-state index contributed by atoms with van der Waals surface area (Å²) in [4.78, 5) is 20.4. The Hall–Kier alpha value is -4.23. The monoisotopic (exact) mass is 480 g/mol. The van der Waals surface area contributed by atoms with Gasteiger partial charge in [-0.3, -0.25) is 14.5 Å². The van der Waals surface area contributed by atoms with E-state index < -0.39 is 0 Å². The number of carbonyl (C=O) groups is 1. The molecule has 7 heteroatoms. The summed E-state index contributed by atoms with van der Waals surface area (Å²) in [6.07, 6.45) is 10.6. The Morgan fingerprint density at radius 2 is 1.94 bits per heavy atom. The first-order chi connectivity index (χ1) is 17.2. The molecule has 0 fully saturated rings. The van der Waals surface area contributed by atoms with Gasteiger partial charge < -0.3 is 9.32 Å². The third-order valence-corrected chi connectivity index (χ3v) is 6.34. The minimum atomic E-state index is -0.0947. The minimum Gasteiger partial charge on any atom is -0.467 e. The molecular weight excluding hydrogens is 456 g/mol. The molecule has 174 valence electrons. The Balaban J connectivity index is 1.41. The number of hydrogen-bond acceptors (Lipinski definition) is 5. The SMILES string of the molecule is O=C(/C=C/c1cn(Cc2ccccc2)nc1-c1cccnc1)N(Cc1ccco1)Cc1cccs1. The second kappa shape index (κ2) is 10.8. The normalized spacial score (nSPS) is 11.2. The number of pyridine rings is 1. The van der Waals surface area contributed by atoms with Crippen LogP contribution in [0.4, 0.5) is 0 Å². The fourth-order valence-electron chi connectivity index (χ4n) is 3.80. The predicted molar refractivity (Wildman–Crippen MR) is 137 cm³/mol. The molecule has 0 N–H and O–H groups in total. The molecule has 0 bridgehead atoms. The van der Waals surface area contributed by atoms with E-state index in [1.165, 1.54) is 0 Å². The highest BCUT2D eigenvalue weighted by atomic mass is 32.1. The molecule has 0 atom stereocenters. The lowest BCUT2D eigenvalue weighted by Crippen LogP contribution is -2.27. The highest BCUT2D eigenvalue weighted by Gasteiger charge is 2.16. The van der Waals surface area contributed by atoms with Crippen LogP contribution in [-0.2, 0) is 24.4 Å². The maximum Gasteiger partial charge on any atom is 0.247 e. The molecule has 4 aromatic heterocycles. The van der Waals surface area contributed by atoms with Crippen LogP contribution in [0.3, 0.4) is 0 Å². The van der Waals surface area contributed by atoms with Gasteiger partial charge in [0.15, 0.2) is 0 Å². The van der Waals surface area contributed by atoms with E-state index in [1.807, 2.05) is 76.9 Å². The molecule has 0 radical (unpaired) electrons. The molecule has 0 aliphatic heterocycles. The second-order valence-electron chi connectivity index (χ2n) is 8.04. The highest BCUT2D eigenvalue weighted by Crippen LogP contribution is 2.23. The minimum absolute atomic E-state index is 0.0947. The Morgan fingerprint density at radius 3 is 2.69 bits per heavy atom. The van der Waals surface area contributed by atoms with E-state index in [2.05, 4.69) is 17.1 Å². The van der Waals surface area contributed by atoms with E-state index in [0.29, 0.717) is 19.6 Å². The largest absolute Gasteiger partial charge is 0.467 e. The molecule has 0 aliphatic carbocycles. The van der Waals surface area contributed by atoms with Crippen molar-refractivity contribution in [3.05, 3.63) is 125 Å². The molecule has 5 aromatic rings. The maximum absolute atomic E-state index is 13.3. The first kappa shape index (κ1) is 22.6. The number of nitrogens with zero attached hydrogens (tertiary/aromatic N) is 4. The molecule has 0 saturated carbocycles. The highest BCUT2D eigenvalue weighted by molar-refractivity contribution is 7.09. The zero-order chi connectivity index (χ0) is 23.9. The van der Waals surface area contributed by atoms with E-state index in [4.69, 9.17) is 9.52 Å². The average Bonchev–Trinajstić information content (AvgIpc) is 3.66. The van der Waals surface area contributed by atoms with Gasteiger partial charge in [0.1, 0.15) is 11.5 Å². The number of amides is 1. The average molecular weight is 481 g/mol. The van der Waals surface area contributed by atoms with Gasteiger partial charge in [0.2, 0.25) is 5.91 Å². The quantitative estimate of drug-likeness (QED) is 0.247. The van der Waals surface area contributed by atoms with E-state index in [9.17, 15) is 4.79 Å². The summed E-state index contributed by atoms with van der Waals surface area (Å²) in [6.45, 7) is 1.56. The summed E-state index contributed by atoms with van der Waals surface area (Å²) in [7, 11) is 0. The van der Waals surface area contributed by atoms with Crippen LogP contribution in [0.5, 0.6) is 0 Å². The standard InChI is InChI=1S/C28H24N4O2S/c33-27(31(20-25-10-5-15-34-25)21-26-11-6-16-35-26)13-12-24-19-32(18-22-7-2-1-3-8-22)30-28(24)23-9-4-14-29-17-23/h1-17,19H,18,20-21H2/b13-12+. The summed E-state index contributed by atoms with van der Waals surface area (Å²) in [5.74, 6) is 0.651. The van der Waals surface area contributed by atoms with Gasteiger partial charge in [-0.25, -0.2) is 0 Å². The van der Waals surface area contributed by atoms with Crippen molar-refractivity contribution in [2.24, 2.45) is 0 Å². The topological polar surface area (TPSA) is 64.2 Å². The number of benzene rings is 1. The van der Waals surface area contributed by atoms with Gasteiger partial charge in [0.05, 0.1) is 25.9 Å². The van der Waals surface area contributed by atoms with Crippen molar-refractivity contribution in [2.75, 3.05) is 0 Å². The van der Waals surface area contributed by atoms with Crippen molar-refractivity contribution >= 4 is 23.3 Å². The summed E-state index contributed by atoms with van der Waals surface area (Å²) in [6, 6.07) is 21.8. The van der Waals surface area contributed by atoms with Gasteiger partial charge in [0.25, 0.3) is 0 Å². The van der Waals surface area contributed by atoms with E-state index in [1.54, 1.807) is 41.0 Å². The molecule has 35 heavy (non-hydrogen) atoms. The van der Waals surface area contributed by atoms with Crippen LogP contribution in [-0.4, -0.2) is 25.6 Å². The fraction of sp³-hybridized carbons (Fsp3) is 0.107. The number of carbonyl (C=O) groups excluding carboxylic acids is 1. The molecule has 5 rings (SSSR count). The van der Waals surface area contributed by atoms with Gasteiger partial charge >= 0.3 is 0 Å². The maximum atomic E-state index is 13.3. The summed E-state index contributed by atoms with van der Waals surface area (Å²) >= 11 is 1.63. The fourth-order valence-corrected chi connectivity index (χ4v) is 4.52. The van der Waals surface area contributed by atoms with Crippen LogP contribution in [0.2, 0.25) is 0 Å². The van der Waals surface area contributed by atoms with E-state index in [-0.39, 0.29) is 5.91 Å². The van der Waals surface area contributed by atoms with Crippen LogP contribution < -0.4 is 0 Å². The predicted octanol–water partition coefficient (Wildman–Crippen LogP) is 5.89. The van der Waals surface area contributed by atoms with Crippen LogP contribution in [0.25, 0.3) is 17.3 Å². The number of rotatable bonds is 9. The lowest BCUT2D eigenvalue weighted by Gasteiger charge is -2.19. The van der Waals surface area contributed by atoms with Crippen molar-refractivity contribution in [2.45, 2.75) is 19.6 Å². The molecule has 0 aliphatic rings. The lowest BCUT2D eigenvalue weighted by atomic mass is 10.1. The van der Waals surface area contributed by atoms with Gasteiger partial charge in [0, 0.05) is 40.7 Å². The van der Waals surface area contributed by atoms with Crippen LogP contribution >= 0.6 is 11.3 Å². The number of aromatic nitrogens is 3. The lowest BCUT2D eigenvalue weighted by molar-refractivity contribution is -0.127. The molecule has 6 nitrogen and oxygen atoms in total. The smallest absolute Gasteiger partial charge is 0.247 e. The Bertz CT molecular complexity index is 1340. The zero-order valence-corrected chi connectivity index (χ0v) is 19.8. The molecule has 1 aromatic carbocycles. The molecule has 0 spiro atoms. The van der Waals surface area contributed by atoms with Crippen LogP contribution in [0, 0.1) is 0 Å². The molecule has 0 saturated heterocycles. The summed E-state index contributed by atoms with van der Waals surface area (Å²) in [5.41, 5.74) is 3.70. The third-order valence-electron chi connectivity index (χ3n) is 5.48. The number of hydrogen-bond donors (Lipinski definition) is 0. The van der Waals surface area contributed by atoms with Crippen LogP contribution in [0.15, 0.2) is 107 Å². The summed E-state index contributed by atoms with van der Waals surface area (Å²) < 4.78 is 7.40. The van der Waals surface area contributed by atoms with Crippen molar-refractivity contribution in [3.8, 4) is 11.3 Å². The molecular formula is C28H24N4O2S. The van der Waals surface area contributed by atoms with Gasteiger partial charge in [-0.05, 0) is 47.4 Å². The molecule has 0 unspecified atom stereocenters. The van der Waals surface area contributed by atoms with E-state index >= 15 is 0 Å². The van der Waals surface area contributed by atoms with Crippen molar-refractivity contribution in [1.82, 2.24) is 19.7 Å². The number of thiophene rings is 1. The van der Waals surface area contributed by atoms with Gasteiger partial charge in [-0.15, -0.1) is 11.3 Å². The summed E-state index contributed by atoms with van der Waals surface area (Å²) in [5, 5.41) is 6.82. The second-order valence-corrected chi connectivity index (χ2v) is 9.08. The molecule has 4 heterocycles. The van der Waals surface area contributed by atoms with E-state index in [0.717, 1.165) is 33.0 Å². The molecule has 1 amide bonds. The van der Waals surface area contributed by atoms with Crippen molar-refractivity contribution in [3.63, 3.8) is 0 Å². The Labute approximate surface area is 207 Å². The van der Waals surface area contributed by atoms with Gasteiger partial charge in [-0.2, -0.15) is 5.10 Å². The number of furan rings is 1. The Kier molecular flexibility index (Phi) is 6.96. The first-order valence-corrected chi connectivity index (χ1v) is 12.2.